The molecule has 2 aromatic carbocycles. The Morgan fingerprint density at radius 1 is 1.09 bits per heavy atom. The van der Waals surface area contributed by atoms with Crippen LogP contribution in [-0.4, -0.2) is 32.8 Å². The van der Waals surface area contributed by atoms with Crippen LogP contribution < -0.4 is 4.74 Å². The van der Waals surface area contributed by atoms with Crippen LogP contribution >= 0.6 is 0 Å². The van der Waals surface area contributed by atoms with Crippen molar-refractivity contribution in [3.63, 3.8) is 0 Å². The van der Waals surface area contributed by atoms with E-state index < -0.39 is 17.7 Å². The highest BCUT2D eigenvalue weighted by Crippen LogP contribution is 2.41. The number of aliphatic hydroxyl groups excluding tert-OH is 1. The second-order valence-corrected chi connectivity index (χ2v) is 8.15. The van der Waals surface area contributed by atoms with Crippen LogP contribution in [0.4, 0.5) is 0 Å². The van der Waals surface area contributed by atoms with Crippen LogP contribution in [0.15, 0.2) is 78.6 Å². The van der Waals surface area contributed by atoms with E-state index >= 15 is 0 Å². The van der Waals surface area contributed by atoms with Crippen molar-refractivity contribution in [1.29, 1.82) is 0 Å². The minimum atomic E-state index is -0.707. The molecule has 1 fully saturated rings. The van der Waals surface area contributed by atoms with Gasteiger partial charge in [0.2, 0.25) is 0 Å². The van der Waals surface area contributed by atoms with Gasteiger partial charge in [-0.15, -0.1) is 0 Å². The Hall–Kier alpha value is -3.93. The van der Waals surface area contributed by atoms with Gasteiger partial charge < -0.3 is 14.7 Å². The number of hydrogen-bond donors (Lipinski definition) is 1. The first kappa shape index (κ1) is 20.0. The van der Waals surface area contributed by atoms with Gasteiger partial charge in [0.1, 0.15) is 17.6 Å². The first-order chi connectivity index (χ1) is 15.5. The maximum absolute atomic E-state index is 13.1. The van der Waals surface area contributed by atoms with Crippen molar-refractivity contribution in [2.75, 3.05) is 0 Å². The topological polar surface area (TPSA) is 79.7 Å². The molecule has 160 valence electrons. The third kappa shape index (κ3) is 3.43. The molecule has 1 amide bonds. The number of hydrogen-bond acceptors (Lipinski definition) is 5. The van der Waals surface area contributed by atoms with Crippen molar-refractivity contribution in [3.8, 4) is 5.75 Å². The number of fused-ring (bicyclic) bond motifs is 1. The molecule has 3 aromatic rings. The quantitative estimate of drug-likeness (QED) is 0.387. The fourth-order valence-electron chi connectivity index (χ4n) is 4.44. The number of aromatic nitrogens is 1. The Kier molecular flexibility index (Phi) is 4.98. The van der Waals surface area contributed by atoms with E-state index in [1.807, 2.05) is 43.3 Å². The Bertz CT molecular complexity index is 1220. The lowest BCUT2D eigenvalue weighted by molar-refractivity contribution is -0.140. The van der Waals surface area contributed by atoms with Gasteiger partial charge in [-0.25, -0.2) is 0 Å². The molecule has 0 aliphatic carbocycles. The molecular weight excluding hydrogens is 404 g/mol. The Balaban J connectivity index is 1.62. The molecule has 2 aliphatic rings. The summed E-state index contributed by atoms with van der Waals surface area (Å²) in [4.78, 5) is 31.8. The van der Waals surface area contributed by atoms with Crippen molar-refractivity contribution in [1.82, 2.24) is 9.88 Å². The highest BCUT2D eigenvalue weighted by molar-refractivity contribution is 6.46. The average Bonchev–Trinajstić information content (AvgIpc) is 3.31. The molecule has 5 rings (SSSR count). The lowest BCUT2D eigenvalue weighted by Gasteiger charge is -2.25. The van der Waals surface area contributed by atoms with Crippen LogP contribution in [-0.2, 0) is 22.6 Å². The molecule has 2 atom stereocenters. The molecule has 0 saturated carbocycles. The molecular formula is C26H22N2O4. The van der Waals surface area contributed by atoms with E-state index in [2.05, 4.69) is 4.98 Å². The van der Waals surface area contributed by atoms with Gasteiger partial charge in [0.25, 0.3) is 11.7 Å². The van der Waals surface area contributed by atoms with Gasteiger partial charge in [-0.05, 0) is 53.9 Å². The second kappa shape index (κ2) is 7.96. The third-order valence-corrected chi connectivity index (χ3v) is 5.93. The Morgan fingerprint density at radius 2 is 1.84 bits per heavy atom. The third-order valence-electron chi connectivity index (χ3n) is 5.93. The molecule has 1 N–H and O–H groups in total. The number of carbonyl (C=O) groups is 2. The van der Waals surface area contributed by atoms with Crippen molar-refractivity contribution in [2.24, 2.45) is 0 Å². The van der Waals surface area contributed by atoms with Gasteiger partial charge in [-0.1, -0.05) is 30.3 Å². The lowest BCUT2D eigenvalue weighted by atomic mass is 9.95. The van der Waals surface area contributed by atoms with Crippen LogP contribution in [0.3, 0.4) is 0 Å². The summed E-state index contributed by atoms with van der Waals surface area (Å²) in [5.74, 6) is -0.715. The number of benzene rings is 2. The van der Waals surface area contributed by atoms with E-state index in [0.717, 1.165) is 28.9 Å². The van der Waals surface area contributed by atoms with Crippen LogP contribution in [0, 0.1) is 0 Å². The number of pyridine rings is 1. The molecule has 32 heavy (non-hydrogen) atoms. The molecule has 0 radical (unpaired) electrons. The highest BCUT2D eigenvalue weighted by atomic mass is 16.5. The van der Waals surface area contributed by atoms with Crippen LogP contribution in [0.2, 0.25) is 0 Å². The zero-order valence-corrected chi connectivity index (χ0v) is 17.6. The number of Topliss-reactive ketones (excluding diaryl/α,β-unsaturated/α-hetero) is 1. The number of nitrogens with zero attached hydrogens (tertiary/aromatic N) is 2. The predicted octanol–water partition coefficient (Wildman–Crippen LogP) is 4.03. The number of rotatable bonds is 4. The van der Waals surface area contributed by atoms with Crippen molar-refractivity contribution in [3.05, 3.63) is 101 Å². The summed E-state index contributed by atoms with van der Waals surface area (Å²) >= 11 is 0. The van der Waals surface area contributed by atoms with E-state index in [0.29, 0.717) is 5.56 Å². The van der Waals surface area contributed by atoms with Crippen LogP contribution in [0.5, 0.6) is 5.75 Å². The summed E-state index contributed by atoms with van der Waals surface area (Å²) < 4.78 is 5.75. The standard InChI is InChI=1S/C26H22N2O4/c1-16-13-20-14-19(7-8-21(20)32-16)24(29)22-23(18-9-11-27-12-10-18)28(26(31)25(22)30)15-17-5-3-2-4-6-17/h2-12,14,16,23,29H,13,15H2,1H3/b24-22+/t16-,23+/m1/s1. The Morgan fingerprint density at radius 3 is 2.59 bits per heavy atom. The number of ether oxygens (including phenoxy) is 1. The van der Waals surface area contributed by atoms with Gasteiger partial charge in [0, 0.05) is 30.9 Å². The molecule has 3 heterocycles. The molecule has 6 heteroatoms. The van der Waals surface area contributed by atoms with Gasteiger partial charge in [-0.2, -0.15) is 0 Å². The van der Waals surface area contributed by atoms with Crippen LogP contribution in [0.1, 0.15) is 35.2 Å². The zero-order chi connectivity index (χ0) is 22.2. The van der Waals surface area contributed by atoms with Gasteiger partial charge in [-0.3, -0.25) is 14.6 Å². The lowest BCUT2D eigenvalue weighted by Crippen LogP contribution is -2.29. The molecule has 0 unspecified atom stereocenters. The highest BCUT2D eigenvalue weighted by Gasteiger charge is 2.46. The van der Waals surface area contributed by atoms with Crippen molar-refractivity contribution >= 4 is 17.4 Å². The smallest absolute Gasteiger partial charge is 0.295 e. The molecule has 2 aliphatic heterocycles. The first-order valence-electron chi connectivity index (χ1n) is 10.5. The van der Waals surface area contributed by atoms with Crippen LogP contribution in [0.25, 0.3) is 5.76 Å². The summed E-state index contributed by atoms with van der Waals surface area (Å²) in [7, 11) is 0. The molecule has 0 bridgehead atoms. The van der Waals surface area contributed by atoms with Gasteiger partial charge in [0.15, 0.2) is 0 Å². The normalized spacial score (nSPS) is 21.5. The molecule has 1 aromatic heterocycles. The second-order valence-electron chi connectivity index (χ2n) is 8.15. The molecule has 1 saturated heterocycles. The minimum absolute atomic E-state index is 0.0654. The summed E-state index contributed by atoms with van der Waals surface area (Å²) in [5.41, 5.74) is 3.18. The fourth-order valence-corrected chi connectivity index (χ4v) is 4.44. The number of aliphatic hydroxyl groups is 1. The number of carbonyl (C=O) groups excluding carboxylic acids is 2. The largest absolute Gasteiger partial charge is 0.507 e. The van der Waals surface area contributed by atoms with E-state index in [1.165, 1.54) is 4.90 Å². The predicted molar refractivity (Wildman–Crippen MR) is 119 cm³/mol. The maximum Gasteiger partial charge on any atom is 0.295 e. The van der Waals surface area contributed by atoms with E-state index in [1.54, 1.807) is 36.7 Å². The van der Waals surface area contributed by atoms with Gasteiger partial charge in [0.05, 0.1) is 11.6 Å². The van der Waals surface area contributed by atoms with Crippen molar-refractivity contribution in [2.45, 2.75) is 32.0 Å². The van der Waals surface area contributed by atoms with Gasteiger partial charge >= 0.3 is 0 Å². The van der Waals surface area contributed by atoms with Crippen molar-refractivity contribution < 1.29 is 19.4 Å². The maximum atomic E-state index is 13.1. The SMILES string of the molecule is C[C@@H]1Cc2cc(/C(O)=C3\C(=O)C(=O)N(Cc4ccccc4)[C@H]3c3ccncc3)ccc2O1. The summed E-state index contributed by atoms with van der Waals surface area (Å²) in [6.45, 7) is 2.24. The summed E-state index contributed by atoms with van der Waals surface area (Å²) in [5, 5.41) is 11.2. The minimum Gasteiger partial charge on any atom is -0.507 e. The zero-order valence-electron chi connectivity index (χ0n) is 17.6. The van der Waals surface area contributed by atoms with E-state index in [-0.39, 0.29) is 24.0 Å². The number of ketones is 1. The summed E-state index contributed by atoms with van der Waals surface area (Å²) in [6.07, 6.45) is 4.03. The van der Waals surface area contributed by atoms with E-state index in [9.17, 15) is 14.7 Å². The molecule has 6 nitrogen and oxygen atoms in total. The number of likely N-dealkylation sites (tertiary alicyclic amines) is 1. The van der Waals surface area contributed by atoms with E-state index in [4.69, 9.17) is 4.74 Å². The average molecular weight is 426 g/mol. The summed E-state index contributed by atoms with van der Waals surface area (Å²) in [6, 6.07) is 17.7. The monoisotopic (exact) mass is 426 g/mol. The fraction of sp³-hybridized carbons (Fsp3) is 0.192. The first-order valence-corrected chi connectivity index (χ1v) is 10.5. The Labute approximate surface area is 185 Å². The number of amides is 1. The molecule has 0 spiro atoms.